The first kappa shape index (κ1) is 16.5. The van der Waals surface area contributed by atoms with Gasteiger partial charge in [0.15, 0.2) is 0 Å². The number of halogens is 7. The Morgan fingerprint density at radius 2 is 1.35 bits per heavy atom. The molecule has 2 atom stereocenters. The highest BCUT2D eigenvalue weighted by atomic mass is 19.4. The molecule has 9 heteroatoms. The normalized spacial score (nSPS) is 17.9. The number of aliphatic hydroxyl groups is 1. The SMILES string of the molecule is [B]C(C)CC[C@@H](F)C(O)(C(F)(F)F)C(F)(F)F. The maximum absolute atomic E-state index is 13.1. The maximum atomic E-state index is 13.1. The number of hydrogen-bond acceptors (Lipinski definition) is 1. The number of rotatable bonds is 4. The summed E-state index contributed by atoms with van der Waals surface area (Å²) in [4.78, 5) is 0. The molecule has 2 radical (unpaired) electrons. The molecular weight excluding hydrogens is 256 g/mol. The van der Waals surface area contributed by atoms with E-state index in [9.17, 15) is 30.7 Å². The maximum Gasteiger partial charge on any atom is 0.429 e. The molecule has 0 rings (SSSR count). The highest BCUT2D eigenvalue weighted by Crippen LogP contribution is 2.47. The highest BCUT2D eigenvalue weighted by Gasteiger charge is 2.74. The molecule has 0 aromatic rings. The lowest BCUT2D eigenvalue weighted by Crippen LogP contribution is -2.62. The zero-order valence-corrected chi connectivity index (χ0v) is 8.74. The van der Waals surface area contributed by atoms with Gasteiger partial charge >= 0.3 is 12.4 Å². The smallest absolute Gasteiger partial charge is 0.371 e. The van der Waals surface area contributed by atoms with Crippen LogP contribution < -0.4 is 0 Å². The van der Waals surface area contributed by atoms with E-state index in [1.807, 2.05) is 0 Å². The minimum absolute atomic E-state index is 0.407. The van der Waals surface area contributed by atoms with Gasteiger partial charge in [-0.3, -0.25) is 0 Å². The molecule has 0 fully saturated rings. The second kappa shape index (κ2) is 5.03. The van der Waals surface area contributed by atoms with Gasteiger partial charge in [-0.1, -0.05) is 19.2 Å². The fraction of sp³-hybridized carbons (Fsp3) is 1.00. The zero-order chi connectivity index (χ0) is 14.1. The summed E-state index contributed by atoms with van der Waals surface area (Å²) < 4.78 is 85.9. The Balaban J connectivity index is 5.08. The molecule has 1 unspecified atom stereocenters. The van der Waals surface area contributed by atoms with Crippen LogP contribution >= 0.6 is 0 Å². The number of hydrogen-bond donors (Lipinski definition) is 1. The van der Waals surface area contributed by atoms with E-state index in [0.717, 1.165) is 0 Å². The third-order valence-electron chi connectivity index (χ3n) is 2.19. The van der Waals surface area contributed by atoms with Crippen molar-refractivity contribution in [3.63, 3.8) is 0 Å². The largest absolute Gasteiger partial charge is 0.429 e. The van der Waals surface area contributed by atoms with E-state index in [0.29, 0.717) is 0 Å². The Morgan fingerprint density at radius 1 is 1.00 bits per heavy atom. The Labute approximate surface area is 94.4 Å². The Bertz CT molecular complexity index is 233. The fourth-order valence-corrected chi connectivity index (χ4v) is 1.13. The van der Waals surface area contributed by atoms with Crippen molar-refractivity contribution >= 4 is 7.85 Å². The lowest BCUT2D eigenvalue weighted by atomic mass is 9.82. The van der Waals surface area contributed by atoms with Crippen LogP contribution in [-0.4, -0.2) is 37.1 Å². The Kier molecular flexibility index (Phi) is 4.90. The summed E-state index contributed by atoms with van der Waals surface area (Å²) in [5.41, 5.74) is -5.35. The summed E-state index contributed by atoms with van der Waals surface area (Å²) >= 11 is 0. The van der Waals surface area contributed by atoms with Crippen LogP contribution in [0.4, 0.5) is 30.7 Å². The molecule has 0 aliphatic rings. The van der Waals surface area contributed by atoms with Gasteiger partial charge in [-0.05, 0) is 6.42 Å². The lowest BCUT2D eigenvalue weighted by molar-refractivity contribution is -0.384. The topological polar surface area (TPSA) is 20.2 Å². The van der Waals surface area contributed by atoms with Crippen LogP contribution in [0.1, 0.15) is 19.8 Å². The van der Waals surface area contributed by atoms with Crippen molar-refractivity contribution < 1.29 is 35.8 Å². The summed E-state index contributed by atoms with van der Waals surface area (Å²) in [6, 6.07) is 0. The summed E-state index contributed by atoms with van der Waals surface area (Å²) in [6.45, 7) is 1.30. The molecular formula is C8H10BF7O. The van der Waals surface area contributed by atoms with Gasteiger partial charge in [0.25, 0.3) is 5.60 Å². The van der Waals surface area contributed by atoms with Crippen LogP contribution in [0.2, 0.25) is 5.82 Å². The molecule has 1 N–H and O–H groups in total. The zero-order valence-electron chi connectivity index (χ0n) is 8.74. The molecule has 0 heterocycles. The van der Waals surface area contributed by atoms with Crippen molar-refractivity contribution in [2.75, 3.05) is 0 Å². The fourth-order valence-electron chi connectivity index (χ4n) is 1.13. The van der Waals surface area contributed by atoms with Gasteiger partial charge in [-0.25, -0.2) is 4.39 Å². The van der Waals surface area contributed by atoms with Crippen molar-refractivity contribution in [3.05, 3.63) is 0 Å². The molecule has 0 saturated carbocycles. The van der Waals surface area contributed by atoms with Crippen molar-refractivity contribution in [2.45, 2.75) is 49.7 Å². The van der Waals surface area contributed by atoms with E-state index >= 15 is 0 Å². The van der Waals surface area contributed by atoms with Crippen molar-refractivity contribution in [3.8, 4) is 0 Å². The molecule has 0 aromatic carbocycles. The average molecular weight is 266 g/mol. The van der Waals surface area contributed by atoms with Crippen LogP contribution in [0, 0.1) is 0 Å². The summed E-state index contributed by atoms with van der Waals surface area (Å²) in [5.74, 6) is -0.765. The van der Waals surface area contributed by atoms with Crippen LogP contribution in [0.15, 0.2) is 0 Å². The first-order valence-electron chi connectivity index (χ1n) is 4.59. The van der Waals surface area contributed by atoms with E-state index < -0.39 is 42.8 Å². The van der Waals surface area contributed by atoms with E-state index in [4.69, 9.17) is 13.0 Å². The lowest BCUT2D eigenvalue weighted by Gasteiger charge is -2.35. The van der Waals surface area contributed by atoms with Crippen molar-refractivity contribution in [2.24, 2.45) is 0 Å². The second-order valence-corrected chi connectivity index (χ2v) is 3.78. The molecule has 0 spiro atoms. The van der Waals surface area contributed by atoms with Gasteiger partial charge in [-0.15, -0.1) is 0 Å². The Morgan fingerprint density at radius 3 is 1.59 bits per heavy atom. The van der Waals surface area contributed by atoms with Crippen LogP contribution in [0.5, 0.6) is 0 Å². The average Bonchev–Trinajstić information content (AvgIpc) is 2.08. The minimum Gasteiger partial charge on any atom is -0.371 e. The summed E-state index contributed by atoms with van der Waals surface area (Å²) in [5, 5.41) is 8.60. The molecule has 0 aliphatic heterocycles. The molecule has 100 valence electrons. The molecule has 1 nitrogen and oxygen atoms in total. The van der Waals surface area contributed by atoms with Crippen molar-refractivity contribution in [1.82, 2.24) is 0 Å². The van der Waals surface area contributed by atoms with Gasteiger partial charge in [0.05, 0.1) is 7.85 Å². The summed E-state index contributed by atoms with van der Waals surface area (Å²) in [6.07, 6.45) is -17.3. The minimum atomic E-state index is -6.14. The molecule has 0 bridgehead atoms. The van der Waals surface area contributed by atoms with Crippen molar-refractivity contribution in [1.29, 1.82) is 0 Å². The van der Waals surface area contributed by atoms with E-state index in [1.54, 1.807) is 0 Å². The van der Waals surface area contributed by atoms with E-state index in [2.05, 4.69) is 0 Å². The molecule has 0 amide bonds. The van der Waals surface area contributed by atoms with Gasteiger partial charge in [0.2, 0.25) is 0 Å². The standard InChI is InChI=1S/C8H10BF7O/c1-4(9)2-3-5(10)6(17,7(11,12)13)8(14,15)16/h4-5,17H,2-3H2,1H3/t4?,5-/m1/s1. The van der Waals surface area contributed by atoms with Gasteiger partial charge in [-0.2, -0.15) is 26.3 Å². The highest BCUT2D eigenvalue weighted by molar-refractivity contribution is 6.11. The van der Waals surface area contributed by atoms with Crippen LogP contribution in [0.25, 0.3) is 0 Å². The predicted molar refractivity (Wildman–Crippen MR) is 46.4 cm³/mol. The third-order valence-corrected chi connectivity index (χ3v) is 2.19. The van der Waals surface area contributed by atoms with Gasteiger partial charge in [0, 0.05) is 0 Å². The monoisotopic (exact) mass is 266 g/mol. The van der Waals surface area contributed by atoms with Crippen LogP contribution in [-0.2, 0) is 0 Å². The second-order valence-electron chi connectivity index (χ2n) is 3.78. The predicted octanol–water partition coefficient (Wildman–Crippen LogP) is 2.94. The van der Waals surface area contributed by atoms with Crippen LogP contribution in [0.3, 0.4) is 0 Å². The molecule has 0 aromatic heterocycles. The first-order chi connectivity index (χ1) is 7.34. The van der Waals surface area contributed by atoms with Gasteiger partial charge in [0.1, 0.15) is 6.17 Å². The third kappa shape index (κ3) is 3.50. The first-order valence-corrected chi connectivity index (χ1v) is 4.59. The van der Waals surface area contributed by atoms with Gasteiger partial charge < -0.3 is 5.11 Å². The molecule has 17 heavy (non-hydrogen) atoms. The van der Waals surface area contributed by atoms with E-state index in [-0.39, 0.29) is 0 Å². The summed E-state index contributed by atoms with van der Waals surface area (Å²) in [7, 11) is 5.09. The molecule has 0 aliphatic carbocycles. The Hall–Kier alpha value is -0.465. The number of alkyl halides is 7. The van der Waals surface area contributed by atoms with E-state index in [1.165, 1.54) is 6.92 Å². The molecule has 0 saturated heterocycles. The quantitative estimate of drug-likeness (QED) is 0.612.